The molecule has 1 N–H and O–H groups in total. The van der Waals surface area contributed by atoms with E-state index in [0.717, 1.165) is 6.07 Å². The molecule has 10 heteroatoms. The fourth-order valence-corrected chi connectivity index (χ4v) is 2.48. The van der Waals surface area contributed by atoms with Crippen molar-refractivity contribution in [2.24, 2.45) is 0 Å². The van der Waals surface area contributed by atoms with Crippen LogP contribution in [-0.2, 0) is 6.18 Å². The molecule has 0 saturated carbocycles. The third-order valence-corrected chi connectivity index (χ3v) is 3.76. The van der Waals surface area contributed by atoms with Gasteiger partial charge < -0.3 is 9.84 Å². The lowest BCUT2D eigenvalue weighted by atomic mass is 10.1. The molecule has 2 heterocycles. The number of carboxylic acids is 1. The summed E-state index contributed by atoms with van der Waals surface area (Å²) < 4.78 is 45.5. The molecule has 0 amide bonds. The molecule has 0 bridgehead atoms. The number of aromatic nitrogens is 3. The first-order valence-corrected chi connectivity index (χ1v) is 7.14. The van der Waals surface area contributed by atoms with Gasteiger partial charge in [0.2, 0.25) is 0 Å². The standard InChI is InChI=1S/C15H9ClF3N3O3/c1-25-8-4-2-7(3-5-8)9-6-10(15(17,18)19)22-13(20-9)11(16)12(21-22)14(23)24/h2-6H,1H3,(H,23,24). The number of carbonyl (C=O) groups is 1. The summed E-state index contributed by atoms with van der Waals surface area (Å²) in [6.07, 6.45) is -4.78. The molecule has 0 aliphatic carbocycles. The first-order valence-electron chi connectivity index (χ1n) is 6.76. The van der Waals surface area contributed by atoms with Crippen molar-refractivity contribution in [3.05, 3.63) is 46.7 Å². The molecule has 0 saturated heterocycles. The molecular weight excluding hydrogens is 363 g/mol. The highest BCUT2D eigenvalue weighted by atomic mass is 35.5. The number of halogens is 4. The quantitative estimate of drug-likeness (QED) is 0.758. The van der Waals surface area contributed by atoms with Crippen LogP contribution >= 0.6 is 11.6 Å². The van der Waals surface area contributed by atoms with Crippen LogP contribution in [0.5, 0.6) is 5.75 Å². The van der Waals surface area contributed by atoms with Crippen LogP contribution < -0.4 is 4.74 Å². The summed E-state index contributed by atoms with van der Waals surface area (Å²) in [5.41, 5.74) is -1.92. The second-order valence-electron chi connectivity index (χ2n) is 4.96. The Morgan fingerprint density at radius 2 is 1.92 bits per heavy atom. The second kappa shape index (κ2) is 5.92. The molecule has 25 heavy (non-hydrogen) atoms. The summed E-state index contributed by atoms with van der Waals surface area (Å²) in [6, 6.07) is 6.97. The smallest absolute Gasteiger partial charge is 0.433 e. The highest BCUT2D eigenvalue weighted by Gasteiger charge is 2.36. The zero-order chi connectivity index (χ0) is 18.4. The molecule has 0 unspecified atom stereocenters. The number of methoxy groups -OCH3 is 1. The van der Waals surface area contributed by atoms with Gasteiger partial charge in [-0.3, -0.25) is 0 Å². The molecule has 3 rings (SSSR count). The number of ether oxygens (including phenoxy) is 1. The van der Waals surface area contributed by atoms with Crippen LogP contribution in [0.15, 0.2) is 30.3 Å². The van der Waals surface area contributed by atoms with Crippen LogP contribution in [0.3, 0.4) is 0 Å². The summed E-state index contributed by atoms with van der Waals surface area (Å²) in [5.74, 6) is -1.02. The van der Waals surface area contributed by atoms with Crippen LogP contribution in [0.1, 0.15) is 16.2 Å². The topological polar surface area (TPSA) is 76.7 Å². The molecular formula is C15H9ClF3N3O3. The second-order valence-corrected chi connectivity index (χ2v) is 5.33. The van der Waals surface area contributed by atoms with E-state index in [1.54, 1.807) is 12.1 Å². The molecule has 0 atom stereocenters. The van der Waals surface area contributed by atoms with Crippen molar-refractivity contribution in [2.75, 3.05) is 7.11 Å². The van der Waals surface area contributed by atoms with E-state index >= 15 is 0 Å². The van der Waals surface area contributed by atoms with Gasteiger partial charge in [0.15, 0.2) is 17.0 Å². The highest BCUT2D eigenvalue weighted by Crippen LogP contribution is 2.34. The number of aromatic carboxylic acids is 1. The van der Waals surface area contributed by atoms with Crippen molar-refractivity contribution in [3.8, 4) is 17.0 Å². The van der Waals surface area contributed by atoms with E-state index in [1.165, 1.54) is 19.2 Å². The zero-order valence-corrected chi connectivity index (χ0v) is 13.3. The highest BCUT2D eigenvalue weighted by molar-refractivity contribution is 6.36. The Hall–Kier alpha value is -2.81. The van der Waals surface area contributed by atoms with Gasteiger partial charge in [-0.1, -0.05) is 11.6 Å². The van der Waals surface area contributed by atoms with Gasteiger partial charge in [-0.25, -0.2) is 14.3 Å². The molecule has 0 aliphatic heterocycles. The maximum atomic E-state index is 13.4. The predicted octanol–water partition coefficient (Wildman–Crippen LogP) is 3.78. The summed E-state index contributed by atoms with van der Waals surface area (Å²) in [4.78, 5) is 15.1. The molecule has 0 fully saturated rings. The van der Waals surface area contributed by atoms with Gasteiger partial charge in [0.25, 0.3) is 0 Å². The zero-order valence-electron chi connectivity index (χ0n) is 12.5. The summed E-state index contributed by atoms with van der Waals surface area (Å²) >= 11 is 5.87. The van der Waals surface area contributed by atoms with Gasteiger partial charge in [0.05, 0.1) is 12.8 Å². The Labute approximate surface area is 143 Å². The van der Waals surface area contributed by atoms with Crippen molar-refractivity contribution in [1.29, 1.82) is 0 Å². The largest absolute Gasteiger partial charge is 0.497 e. The number of nitrogens with zero attached hydrogens (tertiary/aromatic N) is 3. The van der Waals surface area contributed by atoms with E-state index in [9.17, 15) is 18.0 Å². The maximum absolute atomic E-state index is 13.4. The van der Waals surface area contributed by atoms with E-state index in [4.69, 9.17) is 21.4 Å². The minimum Gasteiger partial charge on any atom is -0.497 e. The number of carboxylic acid groups (broad SMARTS) is 1. The van der Waals surface area contributed by atoms with Crippen LogP contribution in [-0.4, -0.2) is 32.8 Å². The monoisotopic (exact) mass is 371 g/mol. The van der Waals surface area contributed by atoms with Gasteiger partial charge in [-0.15, -0.1) is 0 Å². The van der Waals surface area contributed by atoms with Gasteiger partial charge in [-0.2, -0.15) is 18.3 Å². The first kappa shape index (κ1) is 17.0. The minimum atomic E-state index is -4.78. The van der Waals surface area contributed by atoms with Gasteiger partial charge >= 0.3 is 12.1 Å². The van der Waals surface area contributed by atoms with Crippen molar-refractivity contribution >= 4 is 23.2 Å². The first-order chi connectivity index (χ1) is 11.7. The fraction of sp³-hybridized carbons (Fsp3) is 0.133. The van der Waals surface area contributed by atoms with E-state index in [1.807, 2.05) is 0 Å². The van der Waals surface area contributed by atoms with Crippen LogP contribution in [0.2, 0.25) is 5.02 Å². The Morgan fingerprint density at radius 3 is 2.44 bits per heavy atom. The Kier molecular flexibility index (Phi) is 4.03. The number of fused-ring (bicyclic) bond motifs is 1. The SMILES string of the molecule is COc1ccc(-c2cc(C(F)(F)F)n3nc(C(=O)O)c(Cl)c3n2)cc1. The third-order valence-electron chi connectivity index (χ3n) is 3.41. The normalized spacial score (nSPS) is 11.7. The van der Waals surface area contributed by atoms with Crippen molar-refractivity contribution in [2.45, 2.75) is 6.18 Å². The van der Waals surface area contributed by atoms with E-state index in [2.05, 4.69) is 10.1 Å². The van der Waals surface area contributed by atoms with Gasteiger partial charge in [0, 0.05) is 5.56 Å². The Morgan fingerprint density at radius 1 is 1.28 bits per heavy atom. The van der Waals surface area contributed by atoms with E-state index in [0.29, 0.717) is 15.8 Å². The molecule has 2 aromatic heterocycles. The van der Waals surface area contributed by atoms with Crippen molar-refractivity contribution in [1.82, 2.24) is 14.6 Å². The predicted molar refractivity (Wildman–Crippen MR) is 81.9 cm³/mol. The third kappa shape index (κ3) is 2.98. The van der Waals surface area contributed by atoms with Crippen molar-refractivity contribution < 1.29 is 27.8 Å². The fourth-order valence-electron chi connectivity index (χ4n) is 2.24. The average Bonchev–Trinajstić information content (AvgIpc) is 2.90. The van der Waals surface area contributed by atoms with Gasteiger partial charge in [0.1, 0.15) is 10.8 Å². The lowest BCUT2D eigenvalue weighted by Crippen LogP contribution is -2.14. The minimum absolute atomic E-state index is 0.0267. The molecule has 3 aromatic rings. The summed E-state index contributed by atoms with van der Waals surface area (Å²) in [5, 5.41) is 12.0. The molecule has 6 nitrogen and oxygen atoms in total. The lowest BCUT2D eigenvalue weighted by Gasteiger charge is -2.11. The molecule has 0 radical (unpaired) electrons. The molecule has 1 aromatic carbocycles. The Balaban J connectivity index is 2.30. The lowest BCUT2D eigenvalue weighted by molar-refractivity contribution is -0.142. The number of hydrogen-bond acceptors (Lipinski definition) is 4. The maximum Gasteiger partial charge on any atom is 0.433 e. The molecule has 0 spiro atoms. The van der Waals surface area contributed by atoms with E-state index < -0.39 is 28.6 Å². The summed E-state index contributed by atoms with van der Waals surface area (Å²) in [7, 11) is 1.46. The number of rotatable bonds is 3. The molecule has 0 aliphatic rings. The van der Waals surface area contributed by atoms with Crippen LogP contribution in [0, 0.1) is 0 Å². The number of alkyl halides is 3. The number of hydrogen-bond donors (Lipinski definition) is 1. The average molecular weight is 372 g/mol. The Bertz CT molecular complexity index is 968. The van der Waals surface area contributed by atoms with Gasteiger partial charge in [-0.05, 0) is 30.3 Å². The number of benzene rings is 1. The van der Waals surface area contributed by atoms with Crippen LogP contribution in [0.4, 0.5) is 13.2 Å². The van der Waals surface area contributed by atoms with Crippen LogP contribution in [0.25, 0.3) is 16.9 Å². The molecule has 130 valence electrons. The van der Waals surface area contributed by atoms with Crippen molar-refractivity contribution in [3.63, 3.8) is 0 Å². The van der Waals surface area contributed by atoms with E-state index in [-0.39, 0.29) is 11.3 Å². The summed E-state index contributed by atoms with van der Waals surface area (Å²) in [6.45, 7) is 0.